The summed E-state index contributed by atoms with van der Waals surface area (Å²) in [6.07, 6.45) is 6.29. The lowest BCUT2D eigenvalue weighted by Crippen LogP contribution is -2.54. The lowest BCUT2D eigenvalue weighted by Gasteiger charge is -2.52. The van der Waals surface area contributed by atoms with Crippen molar-refractivity contribution in [1.29, 1.82) is 0 Å². The Morgan fingerprint density at radius 2 is 1.64 bits per heavy atom. The second kappa shape index (κ2) is 7.96. The second-order valence-electron chi connectivity index (χ2n) is 8.68. The van der Waals surface area contributed by atoms with Gasteiger partial charge in [-0.25, -0.2) is 0 Å². The van der Waals surface area contributed by atoms with Gasteiger partial charge >= 0.3 is 0 Å². The van der Waals surface area contributed by atoms with Crippen LogP contribution in [0.15, 0.2) is 24.3 Å². The molecule has 5 rings (SSSR count). The van der Waals surface area contributed by atoms with Gasteiger partial charge in [0.25, 0.3) is 0 Å². The summed E-state index contributed by atoms with van der Waals surface area (Å²) >= 11 is 10.8. The van der Waals surface area contributed by atoms with Crippen LogP contribution in [0.4, 0.5) is 5.69 Å². The number of rotatable bonds is 2. The molecular weight excluding hydrogens is 408 g/mol. The van der Waals surface area contributed by atoms with Gasteiger partial charge in [0.2, 0.25) is 5.91 Å². The molecule has 2 saturated heterocycles. The molecule has 1 unspecified atom stereocenters. The molecule has 1 amide bonds. The summed E-state index contributed by atoms with van der Waals surface area (Å²) < 4.78 is 0.456. The van der Waals surface area contributed by atoms with Crippen LogP contribution in [-0.4, -0.2) is 52.6 Å². The van der Waals surface area contributed by atoms with E-state index in [1.165, 1.54) is 30.8 Å². The molecule has 4 fully saturated rings. The first-order valence-corrected chi connectivity index (χ1v) is 13.1. The summed E-state index contributed by atoms with van der Waals surface area (Å²) in [6.45, 7) is 3.41. The molecule has 0 N–H and O–H groups in total. The van der Waals surface area contributed by atoms with Crippen LogP contribution in [0, 0.1) is 17.8 Å². The summed E-state index contributed by atoms with van der Waals surface area (Å²) in [4.78, 5) is 17.8. The summed E-state index contributed by atoms with van der Waals surface area (Å²) in [5.41, 5.74) is 1.10. The number of carbonyl (C=O) groups is 1. The van der Waals surface area contributed by atoms with E-state index in [1.54, 1.807) is 0 Å². The van der Waals surface area contributed by atoms with Crippen molar-refractivity contribution in [3.8, 4) is 0 Å². The van der Waals surface area contributed by atoms with Crippen LogP contribution in [0.2, 0.25) is 5.02 Å². The second-order valence-corrected chi connectivity index (χ2v) is 12.1. The molecule has 1 aromatic rings. The lowest BCUT2D eigenvalue weighted by molar-refractivity contribution is -0.138. The smallest absolute Gasteiger partial charge is 0.225 e. The van der Waals surface area contributed by atoms with Gasteiger partial charge in [-0.15, -0.1) is 23.5 Å². The highest BCUT2D eigenvalue weighted by Gasteiger charge is 2.55. The van der Waals surface area contributed by atoms with E-state index in [4.69, 9.17) is 11.6 Å². The fraction of sp³-hybridized carbons (Fsp3) is 0.682. The number of thioether (sulfide) groups is 2. The molecule has 28 heavy (non-hydrogen) atoms. The van der Waals surface area contributed by atoms with Gasteiger partial charge in [0.15, 0.2) is 0 Å². The number of amides is 1. The van der Waals surface area contributed by atoms with Gasteiger partial charge in [-0.3, -0.25) is 4.79 Å². The highest BCUT2D eigenvalue weighted by atomic mass is 35.5. The largest absolute Gasteiger partial charge is 0.367 e. The van der Waals surface area contributed by atoms with E-state index < -0.39 is 0 Å². The van der Waals surface area contributed by atoms with Crippen LogP contribution in [0.1, 0.15) is 32.1 Å². The van der Waals surface area contributed by atoms with Crippen LogP contribution < -0.4 is 4.90 Å². The fourth-order valence-corrected chi connectivity index (χ4v) is 10.1. The third kappa shape index (κ3) is 3.35. The number of hydrogen-bond acceptors (Lipinski definition) is 4. The van der Waals surface area contributed by atoms with E-state index in [1.807, 2.05) is 18.2 Å². The first-order valence-electron chi connectivity index (χ1n) is 10.7. The molecule has 6 heteroatoms. The fourth-order valence-electron chi connectivity index (χ4n) is 5.94. The van der Waals surface area contributed by atoms with Crippen LogP contribution in [0.3, 0.4) is 0 Å². The van der Waals surface area contributed by atoms with Crippen LogP contribution in [0.25, 0.3) is 0 Å². The van der Waals surface area contributed by atoms with Gasteiger partial charge in [-0.2, -0.15) is 0 Å². The van der Waals surface area contributed by atoms with Gasteiger partial charge in [-0.05, 0) is 49.7 Å². The molecule has 2 bridgehead atoms. The normalized spacial score (nSPS) is 32.0. The standard InChI is InChI=1S/C22H29ClN2OS2/c23-19-6-1-2-7-20(19)24-8-10-25(11-9-24)21(26)16-14-17-4-3-5-18(15-16)22(17)27-12-13-28-22/h1-2,6-7,16-18H,3-5,8-15H2/t16?,17-,18+. The van der Waals surface area contributed by atoms with Crippen molar-refractivity contribution in [2.24, 2.45) is 17.8 Å². The molecule has 2 aliphatic carbocycles. The zero-order chi connectivity index (χ0) is 19.1. The number of anilines is 1. The van der Waals surface area contributed by atoms with E-state index in [0.29, 0.717) is 9.99 Å². The minimum absolute atomic E-state index is 0.259. The molecule has 2 heterocycles. The van der Waals surface area contributed by atoms with E-state index in [9.17, 15) is 4.79 Å². The molecule has 2 aliphatic heterocycles. The number of carbonyl (C=O) groups excluding carboxylic acids is 1. The minimum Gasteiger partial charge on any atom is -0.367 e. The third-order valence-corrected chi connectivity index (χ3v) is 11.6. The van der Waals surface area contributed by atoms with Gasteiger partial charge < -0.3 is 9.80 Å². The minimum atomic E-state index is 0.259. The van der Waals surface area contributed by atoms with E-state index in [2.05, 4.69) is 39.4 Å². The summed E-state index contributed by atoms with van der Waals surface area (Å²) in [5, 5.41) is 0.805. The molecule has 1 aromatic carbocycles. The Hall–Kier alpha value is -0.520. The Balaban J connectivity index is 1.23. The van der Waals surface area contributed by atoms with Crippen molar-refractivity contribution in [3.05, 3.63) is 29.3 Å². The van der Waals surface area contributed by atoms with Crippen molar-refractivity contribution < 1.29 is 4.79 Å². The zero-order valence-electron chi connectivity index (χ0n) is 16.3. The average molecular weight is 437 g/mol. The van der Waals surface area contributed by atoms with Crippen molar-refractivity contribution >= 4 is 46.7 Å². The maximum Gasteiger partial charge on any atom is 0.225 e. The molecule has 0 aromatic heterocycles. The Morgan fingerprint density at radius 1 is 1.00 bits per heavy atom. The number of halogens is 1. The van der Waals surface area contributed by atoms with Gasteiger partial charge in [0, 0.05) is 43.6 Å². The molecule has 4 aliphatic rings. The Kier molecular flexibility index (Phi) is 5.53. The summed E-state index contributed by atoms with van der Waals surface area (Å²) in [6, 6.07) is 8.04. The third-order valence-electron chi connectivity index (χ3n) is 7.25. The molecule has 1 spiro atoms. The van der Waals surface area contributed by atoms with Crippen molar-refractivity contribution in [3.63, 3.8) is 0 Å². The van der Waals surface area contributed by atoms with E-state index in [-0.39, 0.29) is 5.92 Å². The van der Waals surface area contributed by atoms with Gasteiger partial charge in [0.1, 0.15) is 0 Å². The van der Waals surface area contributed by atoms with E-state index in [0.717, 1.165) is 61.6 Å². The monoisotopic (exact) mass is 436 g/mol. The first kappa shape index (κ1) is 19.4. The topological polar surface area (TPSA) is 23.6 Å². The van der Waals surface area contributed by atoms with E-state index >= 15 is 0 Å². The predicted octanol–water partition coefficient (Wildman–Crippen LogP) is 4.99. The van der Waals surface area contributed by atoms with Crippen LogP contribution in [-0.2, 0) is 4.79 Å². The Morgan fingerprint density at radius 3 is 2.29 bits per heavy atom. The molecule has 3 atom stereocenters. The molecule has 3 nitrogen and oxygen atoms in total. The molecular formula is C22H29ClN2OS2. The molecule has 152 valence electrons. The van der Waals surface area contributed by atoms with Crippen molar-refractivity contribution in [1.82, 2.24) is 4.90 Å². The number of benzene rings is 1. The van der Waals surface area contributed by atoms with Gasteiger partial charge in [-0.1, -0.05) is 30.2 Å². The van der Waals surface area contributed by atoms with Crippen LogP contribution in [0.5, 0.6) is 0 Å². The number of hydrogen-bond donors (Lipinski definition) is 0. The first-order chi connectivity index (χ1) is 13.7. The quantitative estimate of drug-likeness (QED) is 0.651. The van der Waals surface area contributed by atoms with Gasteiger partial charge in [0.05, 0.1) is 14.8 Å². The highest BCUT2D eigenvalue weighted by Crippen LogP contribution is 2.64. The molecule has 2 saturated carbocycles. The summed E-state index contributed by atoms with van der Waals surface area (Å²) in [7, 11) is 0. The Labute approximate surface area is 181 Å². The number of nitrogens with zero attached hydrogens (tertiary/aromatic N) is 2. The highest BCUT2D eigenvalue weighted by molar-refractivity contribution is 8.21. The molecule has 0 radical (unpaired) electrons. The maximum atomic E-state index is 13.4. The van der Waals surface area contributed by atoms with Crippen LogP contribution >= 0.6 is 35.1 Å². The average Bonchev–Trinajstić information content (AvgIpc) is 3.17. The SMILES string of the molecule is O=C(C1C[C@H]2CCC[C@@H](C1)C21SCCS1)N1CCN(c2ccccc2Cl)CC1. The maximum absolute atomic E-state index is 13.4. The Bertz CT molecular complexity index is 715. The summed E-state index contributed by atoms with van der Waals surface area (Å²) in [5.74, 6) is 4.79. The number of para-hydroxylation sites is 1. The van der Waals surface area contributed by atoms with Crippen molar-refractivity contribution in [2.75, 3.05) is 42.6 Å². The number of piperazine rings is 1. The lowest BCUT2D eigenvalue weighted by atomic mass is 9.66. The zero-order valence-corrected chi connectivity index (χ0v) is 18.7. The van der Waals surface area contributed by atoms with Crippen molar-refractivity contribution in [2.45, 2.75) is 36.2 Å². The predicted molar refractivity (Wildman–Crippen MR) is 121 cm³/mol.